The number of hydrogen-bond acceptors (Lipinski definition) is 4. The normalized spacial score (nSPS) is 23.8. The molecule has 5 nitrogen and oxygen atoms in total. The highest BCUT2D eigenvalue weighted by Gasteiger charge is 2.37. The van der Waals surface area contributed by atoms with Crippen LogP contribution in [-0.2, 0) is 11.3 Å². The van der Waals surface area contributed by atoms with Gasteiger partial charge >= 0.3 is 0 Å². The summed E-state index contributed by atoms with van der Waals surface area (Å²) in [4.78, 5) is 17.6. The molecule has 2 aliphatic rings. The fourth-order valence-corrected chi connectivity index (χ4v) is 5.26. The second-order valence-corrected chi connectivity index (χ2v) is 8.91. The lowest BCUT2D eigenvalue weighted by Gasteiger charge is -2.33. The lowest BCUT2D eigenvalue weighted by Crippen LogP contribution is -2.47. The maximum absolute atomic E-state index is 12.6. The summed E-state index contributed by atoms with van der Waals surface area (Å²) in [5.74, 6) is 0.136. The monoisotopic (exact) mass is 408 g/mol. The molecule has 2 aromatic carbocycles. The van der Waals surface area contributed by atoms with Crippen molar-refractivity contribution in [3.05, 3.63) is 48.0 Å². The zero-order valence-electron chi connectivity index (χ0n) is 18.4. The number of carbonyl (C=O) groups excluding carboxylic acids is 1. The van der Waals surface area contributed by atoms with E-state index in [4.69, 9.17) is 0 Å². The highest BCUT2D eigenvalue weighted by atomic mass is 16.2. The predicted molar refractivity (Wildman–Crippen MR) is 124 cm³/mol. The number of rotatable bonds is 7. The molecule has 2 heterocycles. The fraction of sp³-hybridized carbons (Fsp3) is 0.560. The summed E-state index contributed by atoms with van der Waals surface area (Å²) in [6, 6.07) is 15.9. The molecule has 162 valence electrons. The molecule has 30 heavy (non-hydrogen) atoms. The van der Waals surface area contributed by atoms with E-state index in [2.05, 4.69) is 69.8 Å². The SMILES string of the molecule is CCCN1CCC(N[C@@H]2C[C@@H](C(=O)NC)N(Cc3cccc4ccccc34)C2)CC1. The van der Waals surface area contributed by atoms with Crippen molar-refractivity contribution < 1.29 is 4.79 Å². The molecule has 0 radical (unpaired) electrons. The van der Waals surface area contributed by atoms with Crippen LogP contribution in [0, 0.1) is 0 Å². The molecule has 4 rings (SSSR count). The quantitative estimate of drug-likeness (QED) is 0.739. The molecule has 0 unspecified atom stereocenters. The van der Waals surface area contributed by atoms with Crippen molar-refractivity contribution in [1.29, 1.82) is 0 Å². The number of carbonyl (C=O) groups is 1. The van der Waals surface area contributed by atoms with E-state index in [0.717, 1.165) is 19.5 Å². The number of likely N-dealkylation sites (N-methyl/N-ethyl adjacent to an activating group) is 1. The molecule has 2 N–H and O–H groups in total. The van der Waals surface area contributed by atoms with Gasteiger partial charge < -0.3 is 15.5 Å². The molecule has 2 aromatic rings. The molecular formula is C25H36N4O. The minimum atomic E-state index is -0.0633. The van der Waals surface area contributed by atoms with Crippen LogP contribution in [0.5, 0.6) is 0 Å². The maximum atomic E-state index is 12.6. The maximum Gasteiger partial charge on any atom is 0.237 e. The minimum Gasteiger partial charge on any atom is -0.358 e. The highest BCUT2D eigenvalue weighted by Crippen LogP contribution is 2.26. The van der Waals surface area contributed by atoms with Crippen molar-refractivity contribution in [2.24, 2.45) is 0 Å². The number of piperidine rings is 1. The first-order valence-corrected chi connectivity index (χ1v) is 11.6. The third kappa shape index (κ3) is 4.85. The van der Waals surface area contributed by atoms with Crippen molar-refractivity contribution in [2.45, 2.75) is 57.3 Å². The largest absolute Gasteiger partial charge is 0.358 e. The van der Waals surface area contributed by atoms with Gasteiger partial charge in [0, 0.05) is 32.2 Å². The molecule has 0 aliphatic carbocycles. The molecule has 2 atom stereocenters. The second kappa shape index (κ2) is 9.90. The Bertz CT molecular complexity index is 841. The average molecular weight is 409 g/mol. The van der Waals surface area contributed by atoms with Gasteiger partial charge in [-0.3, -0.25) is 9.69 Å². The van der Waals surface area contributed by atoms with Gasteiger partial charge in [0.05, 0.1) is 6.04 Å². The second-order valence-electron chi connectivity index (χ2n) is 8.91. The van der Waals surface area contributed by atoms with Crippen molar-refractivity contribution in [1.82, 2.24) is 20.4 Å². The topological polar surface area (TPSA) is 47.6 Å². The fourth-order valence-electron chi connectivity index (χ4n) is 5.26. The number of benzene rings is 2. The van der Waals surface area contributed by atoms with Gasteiger partial charge in [-0.1, -0.05) is 49.4 Å². The summed E-state index contributed by atoms with van der Waals surface area (Å²) in [6.45, 7) is 7.59. The lowest BCUT2D eigenvalue weighted by atomic mass is 10.0. The number of hydrogen-bond donors (Lipinski definition) is 2. The summed E-state index contributed by atoms with van der Waals surface area (Å²) in [5, 5.41) is 9.33. The van der Waals surface area contributed by atoms with E-state index in [0.29, 0.717) is 12.1 Å². The van der Waals surface area contributed by atoms with Crippen molar-refractivity contribution in [2.75, 3.05) is 33.2 Å². The van der Waals surface area contributed by atoms with E-state index >= 15 is 0 Å². The van der Waals surface area contributed by atoms with Crippen LogP contribution in [0.15, 0.2) is 42.5 Å². The summed E-state index contributed by atoms with van der Waals surface area (Å²) in [7, 11) is 1.75. The van der Waals surface area contributed by atoms with E-state index in [1.165, 1.54) is 55.2 Å². The summed E-state index contributed by atoms with van der Waals surface area (Å²) < 4.78 is 0. The van der Waals surface area contributed by atoms with Crippen LogP contribution in [0.25, 0.3) is 10.8 Å². The predicted octanol–water partition coefficient (Wildman–Crippen LogP) is 2.99. The Morgan fingerprint density at radius 1 is 1.07 bits per heavy atom. The van der Waals surface area contributed by atoms with E-state index in [1.807, 2.05) is 0 Å². The Morgan fingerprint density at radius 2 is 1.83 bits per heavy atom. The number of nitrogens with zero attached hydrogens (tertiary/aromatic N) is 2. The van der Waals surface area contributed by atoms with Gasteiger partial charge in [0.25, 0.3) is 0 Å². The van der Waals surface area contributed by atoms with E-state index in [-0.39, 0.29) is 11.9 Å². The van der Waals surface area contributed by atoms with Gasteiger partial charge in [-0.15, -0.1) is 0 Å². The standard InChI is InChI=1S/C25H36N4O/c1-3-13-28-14-11-21(12-15-28)27-22-16-24(25(30)26-2)29(18-22)17-20-9-6-8-19-7-4-5-10-23(19)20/h4-10,21-22,24,27H,3,11-18H2,1-2H3,(H,26,30)/t22-,24+/m1/s1. The van der Waals surface area contributed by atoms with Crippen LogP contribution >= 0.6 is 0 Å². The zero-order chi connectivity index (χ0) is 20.9. The van der Waals surface area contributed by atoms with Gasteiger partial charge in [-0.25, -0.2) is 0 Å². The Kier molecular flexibility index (Phi) is 7.03. The van der Waals surface area contributed by atoms with Gasteiger partial charge in [0.15, 0.2) is 0 Å². The molecule has 2 fully saturated rings. The van der Waals surface area contributed by atoms with E-state index < -0.39 is 0 Å². The first-order chi connectivity index (χ1) is 14.7. The van der Waals surface area contributed by atoms with Crippen LogP contribution < -0.4 is 10.6 Å². The molecule has 0 spiro atoms. The van der Waals surface area contributed by atoms with Crippen LogP contribution in [0.2, 0.25) is 0 Å². The zero-order valence-corrected chi connectivity index (χ0v) is 18.4. The Balaban J connectivity index is 1.42. The van der Waals surface area contributed by atoms with Gasteiger partial charge in [-0.05, 0) is 61.7 Å². The van der Waals surface area contributed by atoms with Crippen molar-refractivity contribution in [3.8, 4) is 0 Å². The molecule has 0 saturated carbocycles. The van der Waals surface area contributed by atoms with Crippen LogP contribution in [-0.4, -0.2) is 67.1 Å². The summed E-state index contributed by atoms with van der Waals surface area (Å²) in [6.07, 6.45) is 4.55. The minimum absolute atomic E-state index is 0.0633. The molecule has 0 aromatic heterocycles. The molecule has 2 saturated heterocycles. The van der Waals surface area contributed by atoms with Crippen LogP contribution in [0.4, 0.5) is 0 Å². The molecule has 1 amide bonds. The Hall–Kier alpha value is -1.95. The number of amides is 1. The van der Waals surface area contributed by atoms with Gasteiger partial charge in [-0.2, -0.15) is 0 Å². The van der Waals surface area contributed by atoms with E-state index in [9.17, 15) is 4.79 Å². The average Bonchev–Trinajstić information content (AvgIpc) is 3.17. The van der Waals surface area contributed by atoms with Crippen molar-refractivity contribution >= 4 is 16.7 Å². The first kappa shape index (κ1) is 21.3. The number of nitrogens with one attached hydrogen (secondary N) is 2. The first-order valence-electron chi connectivity index (χ1n) is 11.6. The van der Waals surface area contributed by atoms with Gasteiger partial charge in [0.2, 0.25) is 5.91 Å². The Morgan fingerprint density at radius 3 is 2.60 bits per heavy atom. The van der Waals surface area contributed by atoms with Crippen molar-refractivity contribution in [3.63, 3.8) is 0 Å². The number of likely N-dealkylation sites (tertiary alicyclic amines) is 2. The van der Waals surface area contributed by atoms with Crippen LogP contribution in [0.1, 0.15) is 38.2 Å². The molecular weight excluding hydrogens is 372 g/mol. The summed E-state index contributed by atoms with van der Waals surface area (Å²) in [5.41, 5.74) is 1.30. The highest BCUT2D eigenvalue weighted by molar-refractivity contribution is 5.86. The molecule has 5 heteroatoms. The van der Waals surface area contributed by atoms with Gasteiger partial charge in [0.1, 0.15) is 0 Å². The third-order valence-corrected chi connectivity index (χ3v) is 6.80. The Labute approximate surface area is 180 Å². The molecule has 2 aliphatic heterocycles. The summed E-state index contributed by atoms with van der Waals surface area (Å²) >= 11 is 0. The third-order valence-electron chi connectivity index (χ3n) is 6.80. The smallest absolute Gasteiger partial charge is 0.237 e. The number of fused-ring (bicyclic) bond motifs is 1. The van der Waals surface area contributed by atoms with E-state index in [1.54, 1.807) is 7.05 Å². The molecule has 0 bridgehead atoms. The lowest BCUT2D eigenvalue weighted by molar-refractivity contribution is -0.125. The van der Waals surface area contributed by atoms with Crippen LogP contribution in [0.3, 0.4) is 0 Å².